The molecular formula is C28H30N3O4S+. The Hall–Kier alpha value is -3.75. The lowest BCUT2D eigenvalue weighted by Gasteiger charge is -2.23. The molecule has 7 nitrogen and oxygen atoms in total. The highest BCUT2D eigenvalue weighted by Crippen LogP contribution is 2.33. The summed E-state index contributed by atoms with van der Waals surface area (Å²) in [7, 11) is -3.33. The van der Waals surface area contributed by atoms with Crippen LogP contribution in [0.4, 0.5) is 5.69 Å². The van der Waals surface area contributed by atoms with Crippen molar-refractivity contribution in [1.29, 1.82) is 0 Å². The van der Waals surface area contributed by atoms with Crippen LogP contribution in [0.15, 0.2) is 83.9 Å². The minimum atomic E-state index is -3.33. The second-order valence-corrected chi connectivity index (χ2v) is 11.6. The Morgan fingerprint density at radius 1 is 1.03 bits per heavy atom. The van der Waals surface area contributed by atoms with Crippen molar-refractivity contribution >= 4 is 32.4 Å². The maximum absolute atomic E-state index is 11.8. The number of sulfone groups is 1. The van der Waals surface area contributed by atoms with Gasteiger partial charge in [0.1, 0.15) is 0 Å². The van der Waals surface area contributed by atoms with Crippen molar-refractivity contribution in [2.45, 2.75) is 30.8 Å². The largest absolute Gasteiger partial charge is 0.563 e. The summed E-state index contributed by atoms with van der Waals surface area (Å²) in [5.41, 5.74) is 11.3. The molecule has 8 heteroatoms. The average molecular weight is 505 g/mol. The predicted molar refractivity (Wildman–Crippen MR) is 144 cm³/mol. The number of nitrogens with two attached hydrogens (primary N) is 1. The second kappa shape index (κ2) is 9.72. The molecule has 1 heterocycles. The molecule has 4 rings (SSSR count). The number of rotatable bonds is 8. The number of fused-ring (bicyclic) bond motifs is 1. The van der Waals surface area contributed by atoms with E-state index < -0.39 is 21.3 Å². The Balaban J connectivity index is 1.74. The minimum absolute atomic E-state index is 0.121. The fourth-order valence-corrected chi connectivity index (χ4v) is 4.79. The summed E-state index contributed by atoms with van der Waals surface area (Å²) >= 11 is 0. The van der Waals surface area contributed by atoms with Gasteiger partial charge in [0.2, 0.25) is 0 Å². The summed E-state index contributed by atoms with van der Waals surface area (Å²) in [6, 6.07) is 22.4. The fraction of sp³-hybridized carbons (Fsp3) is 0.214. The Bertz CT molecular complexity index is 1520. The molecule has 0 spiro atoms. The molecule has 186 valence electrons. The van der Waals surface area contributed by atoms with E-state index in [1.54, 1.807) is 23.2 Å². The molecule has 3 aromatic carbocycles. The van der Waals surface area contributed by atoms with Crippen LogP contribution in [0, 0.1) is 0 Å². The van der Waals surface area contributed by atoms with Crippen LogP contribution in [0.1, 0.15) is 25.0 Å². The van der Waals surface area contributed by atoms with E-state index >= 15 is 0 Å². The van der Waals surface area contributed by atoms with Crippen LogP contribution >= 0.6 is 0 Å². The molecule has 0 unspecified atom stereocenters. The molecule has 0 bridgehead atoms. The van der Waals surface area contributed by atoms with Crippen molar-refractivity contribution in [2.75, 3.05) is 17.7 Å². The van der Waals surface area contributed by atoms with Crippen molar-refractivity contribution in [3.63, 3.8) is 0 Å². The van der Waals surface area contributed by atoms with Crippen molar-refractivity contribution in [1.82, 2.24) is 4.98 Å². The van der Waals surface area contributed by atoms with E-state index in [1.807, 2.05) is 50.2 Å². The van der Waals surface area contributed by atoms with Gasteiger partial charge >= 0.3 is 5.97 Å². The molecule has 0 atom stereocenters. The van der Waals surface area contributed by atoms with E-state index in [1.165, 1.54) is 12.1 Å². The number of pyridine rings is 1. The number of nitrogens with zero attached hydrogens (tertiary/aromatic N) is 2. The number of carbonyl (C=O) groups excluding carboxylic acids is 1. The molecule has 0 saturated carbocycles. The summed E-state index contributed by atoms with van der Waals surface area (Å²) in [4.78, 5) is 18.3. The average Bonchev–Trinajstić information content (AvgIpc) is 2.82. The van der Waals surface area contributed by atoms with Crippen LogP contribution in [0.25, 0.3) is 22.0 Å². The molecule has 36 heavy (non-hydrogen) atoms. The predicted octanol–water partition coefficient (Wildman–Crippen LogP) is 3.76. The lowest BCUT2D eigenvalue weighted by molar-refractivity contribution is -0.135. The number of anilines is 1. The van der Waals surface area contributed by atoms with Gasteiger partial charge in [-0.25, -0.2) is 8.42 Å². The smallest absolute Gasteiger partial charge is 0.535 e. The van der Waals surface area contributed by atoms with Gasteiger partial charge in [0.05, 0.1) is 10.4 Å². The first-order valence-electron chi connectivity index (χ1n) is 11.5. The summed E-state index contributed by atoms with van der Waals surface area (Å²) in [5, 5.41) is 8.52. The lowest BCUT2D eigenvalue weighted by Crippen LogP contribution is -2.29. The van der Waals surface area contributed by atoms with Gasteiger partial charge in [0.25, 0.3) is 0 Å². The van der Waals surface area contributed by atoms with Crippen LogP contribution in [-0.2, 0) is 26.7 Å². The molecule has 0 aliphatic rings. The van der Waals surface area contributed by atoms with Crippen LogP contribution in [-0.4, -0.2) is 37.3 Å². The molecule has 0 radical (unpaired) electrons. The summed E-state index contributed by atoms with van der Waals surface area (Å²) in [5.74, 6) is -0.730. The maximum atomic E-state index is 11.8. The van der Waals surface area contributed by atoms with E-state index in [4.69, 9.17) is 10.8 Å². The number of aromatic nitrogens is 1. The van der Waals surface area contributed by atoms with Crippen molar-refractivity contribution in [3.05, 3.63) is 90.1 Å². The maximum Gasteiger partial charge on any atom is 0.535 e. The van der Waals surface area contributed by atoms with Gasteiger partial charge in [-0.1, -0.05) is 24.3 Å². The quantitative estimate of drug-likeness (QED) is 0.365. The van der Waals surface area contributed by atoms with Crippen molar-refractivity contribution in [3.8, 4) is 11.1 Å². The number of hydrogen-bond acceptors (Lipinski definition) is 6. The number of carbonyl (C=O) groups is 1. The summed E-state index contributed by atoms with van der Waals surface area (Å²) in [6.07, 6.45) is 2.92. The molecule has 0 amide bonds. The number of hydrogen-bond donors (Lipinski definition) is 1. The zero-order chi connectivity index (χ0) is 26.1. The van der Waals surface area contributed by atoms with E-state index in [2.05, 4.69) is 17.1 Å². The van der Waals surface area contributed by atoms with Gasteiger partial charge in [-0.2, -0.15) is 0 Å². The third-order valence-electron chi connectivity index (χ3n) is 6.02. The highest BCUT2D eigenvalue weighted by atomic mass is 32.2. The lowest BCUT2D eigenvalue weighted by atomic mass is 9.89. The van der Waals surface area contributed by atoms with Gasteiger partial charge in [-0.15, -0.1) is 0 Å². The highest BCUT2D eigenvalue weighted by Gasteiger charge is 2.20. The van der Waals surface area contributed by atoms with Gasteiger partial charge < -0.3 is 15.7 Å². The third kappa shape index (κ3) is 5.72. The Kier molecular flexibility index (Phi) is 6.84. The van der Waals surface area contributed by atoms with Gasteiger partial charge in [-0.3, -0.25) is 4.98 Å². The van der Waals surface area contributed by atoms with E-state index in [-0.39, 0.29) is 11.4 Å². The molecule has 0 aliphatic carbocycles. The first kappa shape index (κ1) is 25.3. The van der Waals surface area contributed by atoms with Crippen LogP contribution in [0.3, 0.4) is 0 Å². The van der Waals surface area contributed by atoms with Crippen molar-refractivity contribution in [2.24, 2.45) is 5.73 Å². The molecule has 4 N–H and O–H groups in total. The summed E-state index contributed by atoms with van der Waals surface area (Å²) < 4.78 is 23.6. The molecule has 1 aromatic heterocycles. The van der Waals surface area contributed by atoms with Gasteiger partial charge in [-0.05, 0) is 79.1 Å². The molecule has 0 aliphatic heterocycles. The zero-order valence-corrected chi connectivity index (χ0v) is 21.3. The van der Waals surface area contributed by atoms with E-state index in [0.717, 1.165) is 39.4 Å². The molecular weight excluding hydrogens is 474 g/mol. The first-order chi connectivity index (χ1) is 16.9. The van der Waals surface area contributed by atoms with Gasteiger partial charge in [0.15, 0.2) is 16.4 Å². The first-order valence-corrected chi connectivity index (χ1v) is 13.4. The molecule has 0 fully saturated rings. The van der Waals surface area contributed by atoms with Crippen LogP contribution < -0.4 is 10.6 Å². The second-order valence-electron chi connectivity index (χ2n) is 9.57. The standard InChI is InChI=1S/C28H29N3O4S/c1-28(2,29)22-15-21-8-5-13-30-27(21)25(16-22)20-7-4-6-19(14-20)17-31(18-26(32)33)23-9-11-24(12-10-23)36(3,34)35/h4-16H,17-18,29H2,1-3H3,(H,32,33)/p+1. The minimum Gasteiger partial charge on any atom is -0.563 e. The highest BCUT2D eigenvalue weighted by molar-refractivity contribution is 7.90. The summed E-state index contributed by atoms with van der Waals surface area (Å²) in [6.45, 7) is 4.18. The third-order valence-corrected chi connectivity index (χ3v) is 7.15. The van der Waals surface area contributed by atoms with Crippen LogP contribution in [0.5, 0.6) is 0 Å². The van der Waals surface area contributed by atoms with Crippen LogP contribution in [0.2, 0.25) is 0 Å². The SMILES string of the molecule is CC(C)(N)c1cc(-c2cccc(CN(CC(=O)[OH2+])c3ccc(S(C)(=O)=O)cc3)c2)c2ncccc2c1. The zero-order valence-electron chi connectivity index (χ0n) is 20.5. The Labute approximate surface area is 211 Å². The van der Waals surface area contributed by atoms with Crippen molar-refractivity contribution < 1.29 is 18.3 Å². The molecule has 0 saturated heterocycles. The Morgan fingerprint density at radius 3 is 2.39 bits per heavy atom. The Morgan fingerprint density at radius 2 is 1.75 bits per heavy atom. The normalized spacial score (nSPS) is 12.0. The topological polar surface area (TPSA) is 116 Å². The molecule has 4 aromatic rings. The van der Waals surface area contributed by atoms with Gasteiger partial charge in [0, 0.05) is 46.0 Å². The monoisotopic (exact) mass is 504 g/mol. The number of benzene rings is 3. The van der Waals surface area contributed by atoms with E-state index in [9.17, 15) is 13.2 Å². The van der Waals surface area contributed by atoms with E-state index in [0.29, 0.717) is 12.2 Å². The fourth-order valence-electron chi connectivity index (χ4n) is 4.16.